The Morgan fingerprint density at radius 2 is 1.94 bits per heavy atom. The maximum absolute atomic E-state index is 14.2. The van der Waals surface area contributed by atoms with Crippen molar-refractivity contribution in [3.05, 3.63) is 70.0 Å². The molecule has 0 saturated carbocycles. The zero-order valence-corrected chi connectivity index (χ0v) is 19.3. The summed E-state index contributed by atoms with van der Waals surface area (Å²) in [4.78, 5) is 14.8. The van der Waals surface area contributed by atoms with E-state index in [1.807, 2.05) is 31.2 Å². The number of aryl methyl sites for hydroxylation is 1. The highest BCUT2D eigenvalue weighted by Crippen LogP contribution is 2.38. The van der Waals surface area contributed by atoms with Crippen molar-refractivity contribution in [1.82, 2.24) is 4.90 Å². The number of rotatable bonds is 7. The van der Waals surface area contributed by atoms with E-state index in [0.29, 0.717) is 19.5 Å². The van der Waals surface area contributed by atoms with Crippen LogP contribution in [-0.2, 0) is 30.9 Å². The molecule has 0 aliphatic carbocycles. The minimum absolute atomic E-state index is 0.0356. The number of piperidine rings is 1. The van der Waals surface area contributed by atoms with E-state index in [4.69, 9.17) is 15.8 Å². The number of halogens is 2. The van der Waals surface area contributed by atoms with Gasteiger partial charge in [-0.1, -0.05) is 47.5 Å². The first kappa shape index (κ1) is 23.7. The normalized spacial score (nSPS) is 19.4. The molecule has 31 heavy (non-hydrogen) atoms. The summed E-state index contributed by atoms with van der Waals surface area (Å²) < 4.78 is 42.1. The first-order valence-corrected chi connectivity index (χ1v) is 12.4. The summed E-state index contributed by atoms with van der Waals surface area (Å²) in [7, 11) is -3.56. The van der Waals surface area contributed by atoms with Gasteiger partial charge < -0.3 is 4.90 Å². The molecule has 5 nitrogen and oxygen atoms in total. The van der Waals surface area contributed by atoms with Crippen LogP contribution in [0.5, 0.6) is 0 Å². The summed E-state index contributed by atoms with van der Waals surface area (Å²) in [6.07, 6.45) is 2.92. The fraction of sp³-hybridized carbons (Fsp3) is 0.435. The summed E-state index contributed by atoms with van der Waals surface area (Å²) >= 11 is 6.11. The van der Waals surface area contributed by atoms with E-state index in [1.165, 1.54) is 12.1 Å². The largest absolute Gasteiger partial charge is 0.342 e. The number of carbonyl (C=O) groups excluding carboxylic acids is 1. The van der Waals surface area contributed by atoms with Gasteiger partial charge in [-0.25, -0.2) is 4.39 Å². The molecule has 2 aromatic carbocycles. The molecule has 1 aliphatic heterocycles. The van der Waals surface area contributed by atoms with Crippen LogP contribution < -0.4 is 0 Å². The fourth-order valence-corrected chi connectivity index (χ4v) is 4.80. The number of benzene rings is 2. The summed E-state index contributed by atoms with van der Waals surface area (Å²) in [6.45, 7) is 3.01. The van der Waals surface area contributed by atoms with Crippen molar-refractivity contribution >= 4 is 27.6 Å². The molecular formula is C23H27ClFNO4S. The predicted octanol–water partition coefficient (Wildman–Crippen LogP) is 4.26. The summed E-state index contributed by atoms with van der Waals surface area (Å²) in [5.74, 6) is -0.698. The third kappa shape index (κ3) is 6.05. The molecule has 0 unspecified atom stereocenters. The van der Waals surface area contributed by atoms with Crippen molar-refractivity contribution in [3.8, 4) is 0 Å². The maximum Gasteiger partial charge on any atom is 0.264 e. The molecule has 1 aliphatic rings. The van der Waals surface area contributed by atoms with E-state index in [-0.39, 0.29) is 29.5 Å². The van der Waals surface area contributed by atoms with Crippen LogP contribution >= 0.6 is 11.6 Å². The number of carbonyl (C=O) groups is 1. The lowest BCUT2D eigenvalue weighted by atomic mass is 9.71. The summed E-state index contributed by atoms with van der Waals surface area (Å²) in [5.41, 5.74) is 1.91. The summed E-state index contributed by atoms with van der Waals surface area (Å²) in [5, 5.41) is 0.233. The Morgan fingerprint density at radius 1 is 1.23 bits per heavy atom. The van der Waals surface area contributed by atoms with E-state index in [0.717, 1.165) is 30.2 Å². The van der Waals surface area contributed by atoms with Crippen molar-refractivity contribution in [3.63, 3.8) is 0 Å². The second-order valence-electron chi connectivity index (χ2n) is 8.22. The number of likely N-dealkylation sites (tertiary alicyclic amines) is 1. The van der Waals surface area contributed by atoms with E-state index in [1.54, 1.807) is 11.0 Å². The molecule has 0 bridgehead atoms. The Kier molecular flexibility index (Phi) is 7.39. The maximum atomic E-state index is 14.2. The van der Waals surface area contributed by atoms with Gasteiger partial charge in [-0.05, 0) is 43.9 Å². The Hall–Kier alpha value is -1.96. The fourth-order valence-electron chi connectivity index (χ4n) is 4.19. The second-order valence-corrected chi connectivity index (χ2v) is 10.3. The van der Waals surface area contributed by atoms with Gasteiger partial charge in [0.2, 0.25) is 5.91 Å². The quantitative estimate of drug-likeness (QED) is 0.571. The lowest BCUT2D eigenvalue weighted by Crippen LogP contribution is -2.49. The highest BCUT2D eigenvalue weighted by atomic mass is 35.5. The minimum Gasteiger partial charge on any atom is -0.342 e. The van der Waals surface area contributed by atoms with Crippen LogP contribution in [0.4, 0.5) is 4.39 Å². The molecule has 0 radical (unpaired) electrons. The van der Waals surface area contributed by atoms with Crippen molar-refractivity contribution < 1.29 is 21.8 Å². The molecule has 0 N–H and O–H groups in total. The topological polar surface area (TPSA) is 63.7 Å². The standard InChI is InChI=1S/C23H27ClFNO4S/c1-17-7-9-18(10-8-17)23(12-14-30-31(2,28)29)11-4-13-26(16-23)22(27)15-19-20(24)5-3-6-21(19)25/h3,5-10H,4,11-16H2,1-2H3/t23-/m1/s1. The van der Waals surface area contributed by atoms with Crippen LogP contribution in [-0.4, -0.2) is 45.2 Å². The molecular weight excluding hydrogens is 441 g/mol. The molecule has 168 valence electrons. The minimum atomic E-state index is -3.56. The van der Waals surface area contributed by atoms with Crippen LogP contribution in [0.3, 0.4) is 0 Å². The van der Waals surface area contributed by atoms with Crippen molar-refractivity contribution in [2.45, 2.75) is 38.0 Å². The zero-order valence-electron chi connectivity index (χ0n) is 17.7. The first-order chi connectivity index (χ1) is 14.6. The number of hydrogen-bond donors (Lipinski definition) is 0. The molecule has 2 aromatic rings. The molecule has 1 atom stereocenters. The first-order valence-electron chi connectivity index (χ1n) is 10.2. The van der Waals surface area contributed by atoms with Gasteiger partial charge in [0.25, 0.3) is 10.1 Å². The Morgan fingerprint density at radius 3 is 2.58 bits per heavy atom. The van der Waals surface area contributed by atoms with Crippen LogP contribution in [0.25, 0.3) is 0 Å². The number of hydrogen-bond acceptors (Lipinski definition) is 4. The van der Waals surface area contributed by atoms with Gasteiger partial charge in [-0.2, -0.15) is 8.42 Å². The van der Waals surface area contributed by atoms with Crippen LogP contribution in [0, 0.1) is 12.7 Å². The van der Waals surface area contributed by atoms with Crippen LogP contribution in [0.1, 0.15) is 36.0 Å². The third-order valence-electron chi connectivity index (χ3n) is 5.86. The van der Waals surface area contributed by atoms with Gasteiger partial charge in [0.15, 0.2) is 0 Å². The van der Waals surface area contributed by atoms with E-state index >= 15 is 0 Å². The van der Waals surface area contributed by atoms with Gasteiger partial charge in [0.05, 0.1) is 19.3 Å². The lowest BCUT2D eigenvalue weighted by molar-refractivity contribution is -0.133. The SMILES string of the molecule is Cc1ccc([C@@]2(CCOS(C)(=O)=O)CCCN(C(=O)Cc3c(F)cccc3Cl)C2)cc1. The smallest absolute Gasteiger partial charge is 0.264 e. The van der Waals surface area contributed by atoms with Crippen molar-refractivity contribution in [2.24, 2.45) is 0 Å². The average molecular weight is 468 g/mol. The second kappa shape index (κ2) is 9.67. The highest BCUT2D eigenvalue weighted by Gasteiger charge is 2.38. The zero-order chi connectivity index (χ0) is 22.6. The molecule has 1 amide bonds. The van der Waals surface area contributed by atoms with Gasteiger partial charge in [0, 0.05) is 29.1 Å². The molecule has 0 aromatic heterocycles. The summed E-state index contributed by atoms with van der Waals surface area (Å²) in [6, 6.07) is 12.4. The van der Waals surface area contributed by atoms with Crippen molar-refractivity contribution in [1.29, 1.82) is 0 Å². The van der Waals surface area contributed by atoms with Crippen molar-refractivity contribution in [2.75, 3.05) is 26.0 Å². The van der Waals surface area contributed by atoms with Gasteiger partial charge in [-0.15, -0.1) is 0 Å². The predicted molar refractivity (Wildman–Crippen MR) is 119 cm³/mol. The van der Waals surface area contributed by atoms with E-state index < -0.39 is 21.4 Å². The van der Waals surface area contributed by atoms with Gasteiger partial charge in [-0.3, -0.25) is 8.98 Å². The molecule has 3 rings (SSSR count). The third-order valence-corrected chi connectivity index (χ3v) is 6.81. The number of nitrogens with zero attached hydrogens (tertiary/aromatic N) is 1. The molecule has 1 heterocycles. The Bertz CT molecular complexity index is 1020. The molecule has 0 spiro atoms. The van der Waals surface area contributed by atoms with Crippen LogP contribution in [0.2, 0.25) is 5.02 Å². The van der Waals surface area contributed by atoms with E-state index in [9.17, 15) is 17.6 Å². The van der Waals surface area contributed by atoms with E-state index in [2.05, 4.69) is 0 Å². The van der Waals surface area contributed by atoms with Crippen LogP contribution in [0.15, 0.2) is 42.5 Å². The van der Waals surface area contributed by atoms with Gasteiger partial charge in [0.1, 0.15) is 5.82 Å². The number of amides is 1. The molecule has 1 saturated heterocycles. The Balaban J connectivity index is 1.84. The lowest BCUT2D eigenvalue weighted by Gasteiger charge is -2.43. The van der Waals surface area contributed by atoms with Gasteiger partial charge >= 0.3 is 0 Å². The highest BCUT2D eigenvalue weighted by molar-refractivity contribution is 7.85. The molecule has 8 heteroatoms. The Labute approximate surface area is 188 Å². The average Bonchev–Trinajstić information content (AvgIpc) is 2.70. The molecule has 1 fully saturated rings. The monoisotopic (exact) mass is 467 g/mol.